The molecule has 1 aromatic rings. The zero-order chi connectivity index (χ0) is 17.4. The van der Waals surface area contributed by atoms with Gasteiger partial charge in [-0.3, -0.25) is 0 Å². The molecule has 0 atom stereocenters. The molecule has 0 unspecified atom stereocenters. The molecule has 126 valence electrons. The van der Waals surface area contributed by atoms with Crippen molar-refractivity contribution in [3.05, 3.63) is 24.3 Å². The topological polar surface area (TPSA) is 86.7 Å². The van der Waals surface area contributed by atoms with Crippen LogP contribution in [-0.4, -0.2) is 29.6 Å². The van der Waals surface area contributed by atoms with Crippen molar-refractivity contribution in [3.8, 4) is 0 Å². The van der Waals surface area contributed by atoms with Crippen LogP contribution in [0, 0.1) is 0 Å². The monoisotopic (exact) mass is 374 g/mol. The van der Waals surface area contributed by atoms with Crippen LogP contribution in [0.2, 0.25) is 0 Å². The van der Waals surface area contributed by atoms with E-state index in [1.54, 1.807) is 0 Å². The minimum Gasteiger partial charge on any atom is -0.194 e. The molecule has 6 nitrogen and oxygen atoms in total. The summed E-state index contributed by atoms with van der Waals surface area (Å²) >= 11 is 0. The summed E-state index contributed by atoms with van der Waals surface area (Å²) in [7, 11) is -10.6. The first-order chi connectivity index (χ1) is 9.62. The molecule has 0 fully saturated rings. The molecule has 0 aliphatic carbocycles. The summed E-state index contributed by atoms with van der Waals surface area (Å²) in [6, 6.07) is 1.25. The van der Waals surface area contributed by atoms with Crippen molar-refractivity contribution in [2.24, 2.45) is 0 Å². The highest BCUT2D eigenvalue weighted by Gasteiger charge is 2.39. The first-order valence-electron chi connectivity index (χ1n) is 4.77. The fourth-order valence-corrected chi connectivity index (χ4v) is 2.75. The lowest BCUT2D eigenvalue weighted by molar-refractivity contribution is -0.273. The zero-order valence-corrected chi connectivity index (χ0v) is 11.5. The smallest absolute Gasteiger partial charge is 0.194 e. The molecule has 0 aliphatic rings. The Kier molecular flexibility index (Phi) is 4.82. The molecule has 1 rings (SSSR count). The van der Waals surface area contributed by atoms with Crippen molar-refractivity contribution in [3.63, 3.8) is 0 Å². The minimum absolute atomic E-state index is 0.313. The van der Waals surface area contributed by atoms with Crippen LogP contribution in [0.5, 0.6) is 0 Å². The Morgan fingerprint density at radius 2 is 0.864 bits per heavy atom. The Balaban J connectivity index is 3.11. The predicted molar refractivity (Wildman–Crippen MR) is 55.1 cm³/mol. The standard InChI is InChI=1S/C8H4F6O6S2/c9-7(10,11)19-21(15,16)5-1-2-6(4-3-5)22(17,18)20-8(12,13)14/h1-4H. The van der Waals surface area contributed by atoms with E-state index in [0.29, 0.717) is 24.3 Å². The molecule has 0 bridgehead atoms. The summed E-state index contributed by atoms with van der Waals surface area (Å²) in [6.45, 7) is 0. The average Bonchev–Trinajstić information content (AvgIpc) is 2.22. The quantitative estimate of drug-likeness (QED) is 0.593. The molecule has 0 N–H and O–H groups in total. The molecule has 1 aromatic carbocycles. The summed E-state index contributed by atoms with van der Waals surface area (Å²) in [5.41, 5.74) is 0. The van der Waals surface area contributed by atoms with Crippen LogP contribution < -0.4 is 0 Å². The van der Waals surface area contributed by atoms with Gasteiger partial charge in [0.1, 0.15) is 0 Å². The van der Waals surface area contributed by atoms with E-state index in [1.165, 1.54) is 0 Å². The molecule has 0 radical (unpaired) electrons. The maximum atomic E-state index is 11.8. The summed E-state index contributed by atoms with van der Waals surface area (Å²) in [5.74, 6) is 0. The van der Waals surface area contributed by atoms with Crippen molar-refractivity contribution in [2.75, 3.05) is 0 Å². The van der Waals surface area contributed by atoms with E-state index in [2.05, 4.69) is 8.37 Å². The van der Waals surface area contributed by atoms with E-state index in [1.807, 2.05) is 0 Å². The number of hydrogen-bond donors (Lipinski definition) is 0. The van der Waals surface area contributed by atoms with Gasteiger partial charge in [0, 0.05) is 0 Å². The highest BCUT2D eigenvalue weighted by molar-refractivity contribution is 7.87. The van der Waals surface area contributed by atoms with Crippen molar-refractivity contribution >= 4 is 20.2 Å². The second-order valence-corrected chi connectivity index (χ2v) is 6.53. The Bertz CT molecular complexity index is 666. The molecule has 0 aromatic heterocycles. The summed E-state index contributed by atoms with van der Waals surface area (Å²) in [4.78, 5) is -2.23. The first kappa shape index (κ1) is 18.7. The van der Waals surface area contributed by atoms with Crippen LogP contribution >= 0.6 is 0 Å². The highest BCUT2D eigenvalue weighted by atomic mass is 32.2. The van der Waals surface area contributed by atoms with E-state index in [9.17, 15) is 43.2 Å². The van der Waals surface area contributed by atoms with Gasteiger partial charge in [-0.1, -0.05) is 0 Å². The van der Waals surface area contributed by atoms with Gasteiger partial charge >= 0.3 is 33.0 Å². The molecular formula is C8H4F6O6S2. The van der Waals surface area contributed by atoms with Crippen molar-refractivity contribution < 1.29 is 51.5 Å². The minimum atomic E-state index is -5.52. The van der Waals surface area contributed by atoms with Crippen LogP contribution in [-0.2, 0) is 28.6 Å². The van der Waals surface area contributed by atoms with Crippen LogP contribution in [0.4, 0.5) is 26.3 Å². The summed E-state index contributed by atoms with van der Waals surface area (Å²) in [6.07, 6.45) is -11.0. The van der Waals surface area contributed by atoms with E-state index in [4.69, 9.17) is 0 Å². The number of rotatable bonds is 4. The Labute approximate surface area is 119 Å². The van der Waals surface area contributed by atoms with Gasteiger partial charge in [-0.15, -0.1) is 26.3 Å². The van der Waals surface area contributed by atoms with E-state index in [-0.39, 0.29) is 0 Å². The molecule has 0 heterocycles. The average molecular weight is 374 g/mol. The molecule has 22 heavy (non-hydrogen) atoms. The molecule has 0 aliphatic heterocycles. The summed E-state index contributed by atoms with van der Waals surface area (Å²) < 4.78 is 121. The number of halogens is 6. The zero-order valence-electron chi connectivity index (χ0n) is 9.84. The van der Waals surface area contributed by atoms with Gasteiger partial charge in [0.05, 0.1) is 9.79 Å². The van der Waals surface area contributed by atoms with E-state index in [0.717, 1.165) is 0 Å². The third-order valence-electron chi connectivity index (χ3n) is 1.81. The summed E-state index contributed by atoms with van der Waals surface area (Å²) in [5, 5.41) is 0. The second kappa shape index (κ2) is 5.68. The fourth-order valence-electron chi connectivity index (χ4n) is 1.12. The van der Waals surface area contributed by atoms with Gasteiger partial charge in [0.2, 0.25) is 0 Å². The Hall–Kier alpha value is -1.38. The number of alkyl halides is 6. The lowest BCUT2D eigenvalue weighted by Gasteiger charge is -2.10. The van der Waals surface area contributed by atoms with Crippen molar-refractivity contribution in [1.82, 2.24) is 0 Å². The van der Waals surface area contributed by atoms with Crippen LogP contribution in [0.25, 0.3) is 0 Å². The third kappa shape index (κ3) is 5.43. The number of hydrogen-bond acceptors (Lipinski definition) is 6. The molecular weight excluding hydrogens is 370 g/mol. The normalized spacial score (nSPS) is 14.1. The number of benzene rings is 1. The molecule has 0 amide bonds. The van der Waals surface area contributed by atoms with Gasteiger partial charge in [-0.05, 0) is 24.3 Å². The largest absolute Gasteiger partial charge is 0.537 e. The SMILES string of the molecule is O=S(=O)(OC(F)(F)F)c1ccc(S(=O)(=O)OC(F)(F)F)cc1. The molecule has 0 spiro atoms. The second-order valence-electron chi connectivity index (χ2n) is 3.44. The van der Waals surface area contributed by atoms with Crippen LogP contribution in [0.1, 0.15) is 0 Å². The fraction of sp³-hybridized carbons (Fsp3) is 0.250. The Morgan fingerprint density at radius 3 is 1.05 bits per heavy atom. The Morgan fingerprint density at radius 1 is 0.636 bits per heavy atom. The molecule has 14 heteroatoms. The maximum Gasteiger partial charge on any atom is 0.537 e. The van der Waals surface area contributed by atoms with E-state index < -0.39 is 42.8 Å². The third-order valence-corrected chi connectivity index (χ3v) is 4.33. The predicted octanol–water partition coefficient (Wildman–Crippen LogP) is 2.14. The van der Waals surface area contributed by atoms with Gasteiger partial charge in [0.25, 0.3) is 0 Å². The molecule has 0 saturated heterocycles. The first-order valence-corrected chi connectivity index (χ1v) is 7.59. The highest BCUT2D eigenvalue weighted by Crippen LogP contribution is 2.27. The van der Waals surface area contributed by atoms with Crippen molar-refractivity contribution in [1.29, 1.82) is 0 Å². The van der Waals surface area contributed by atoms with Gasteiger partial charge < -0.3 is 0 Å². The van der Waals surface area contributed by atoms with Crippen LogP contribution in [0.3, 0.4) is 0 Å². The van der Waals surface area contributed by atoms with Gasteiger partial charge in [-0.25, -0.2) is 0 Å². The van der Waals surface area contributed by atoms with E-state index >= 15 is 0 Å². The van der Waals surface area contributed by atoms with Crippen molar-refractivity contribution in [2.45, 2.75) is 22.5 Å². The molecule has 0 saturated carbocycles. The van der Waals surface area contributed by atoms with Gasteiger partial charge in [0.15, 0.2) is 0 Å². The lowest BCUT2D eigenvalue weighted by Crippen LogP contribution is -2.21. The van der Waals surface area contributed by atoms with Gasteiger partial charge in [-0.2, -0.15) is 25.2 Å². The maximum absolute atomic E-state index is 11.8. The lowest BCUT2D eigenvalue weighted by atomic mass is 10.4. The van der Waals surface area contributed by atoms with Crippen LogP contribution in [0.15, 0.2) is 34.1 Å².